The smallest absolute Gasteiger partial charge is 0.419 e. The van der Waals surface area contributed by atoms with Crippen LogP contribution in [-0.4, -0.2) is 42.4 Å². The number of nitrogens with one attached hydrogen (secondary N) is 2. The summed E-state index contributed by atoms with van der Waals surface area (Å²) in [7, 11) is 1.09. The highest BCUT2D eigenvalue weighted by Crippen LogP contribution is 2.54. The molecule has 16 heteroatoms. The highest BCUT2D eigenvalue weighted by atomic mass is 19.4. The van der Waals surface area contributed by atoms with Gasteiger partial charge in [0.1, 0.15) is 11.6 Å². The van der Waals surface area contributed by atoms with Crippen LogP contribution in [0, 0.1) is 23.6 Å². The Morgan fingerprint density at radius 3 is 2.21 bits per heavy atom. The minimum atomic E-state index is -5.12. The quantitative estimate of drug-likeness (QED) is 0.258. The van der Waals surface area contributed by atoms with E-state index in [4.69, 9.17) is 4.74 Å². The predicted octanol–water partition coefficient (Wildman–Crippen LogP) is 6.33. The Morgan fingerprint density at radius 2 is 1.63 bits per heavy atom. The molecule has 0 aliphatic heterocycles. The number of hydrogen-bond donors (Lipinski definition) is 3. The highest BCUT2D eigenvalue weighted by molar-refractivity contribution is 5.99. The number of allylic oxidation sites excluding steroid dienone is 1. The molecule has 5 atom stereocenters. The summed E-state index contributed by atoms with van der Waals surface area (Å²) in [6.45, 7) is 0. The molecule has 2 saturated carbocycles. The van der Waals surface area contributed by atoms with E-state index < -0.39 is 88.4 Å². The van der Waals surface area contributed by atoms with Crippen molar-refractivity contribution in [3.8, 4) is 5.75 Å². The molecule has 2 aromatic carbocycles. The van der Waals surface area contributed by atoms with Crippen LogP contribution in [0.5, 0.6) is 5.75 Å². The van der Waals surface area contributed by atoms with Gasteiger partial charge in [-0.15, -0.1) is 0 Å². The first kappa shape index (κ1) is 32.1. The zero-order valence-electron chi connectivity index (χ0n) is 21.8. The van der Waals surface area contributed by atoms with Crippen molar-refractivity contribution in [1.82, 2.24) is 5.32 Å². The van der Waals surface area contributed by atoms with Crippen LogP contribution in [-0.2, 0) is 11.0 Å². The molecule has 2 aromatic rings. The normalized spacial score (nSPS) is 23.8. The molecule has 6 nitrogen and oxygen atoms in total. The number of benzene rings is 2. The molecule has 4 rings (SSSR count). The molecule has 0 aromatic heterocycles. The maximum Gasteiger partial charge on any atom is 0.419 e. The van der Waals surface area contributed by atoms with E-state index in [2.05, 4.69) is 10.6 Å². The summed E-state index contributed by atoms with van der Waals surface area (Å²) in [5, 5.41) is 14.2. The van der Waals surface area contributed by atoms with Gasteiger partial charge >= 0.3 is 18.5 Å². The fraction of sp³-hybridized carbons (Fsp3) is 0.407. The van der Waals surface area contributed by atoms with Crippen LogP contribution in [0.25, 0.3) is 0 Å². The minimum Gasteiger partial charge on any atom is -0.496 e. The Morgan fingerprint density at radius 1 is 0.977 bits per heavy atom. The third-order valence-electron chi connectivity index (χ3n) is 7.46. The minimum absolute atomic E-state index is 0.0116. The number of alkyl halides is 9. The van der Waals surface area contributed by atoms with Crippen molar-refractivity contribution >= 4 is 17.5 Å². The second-order valence-corrected chi connectivity index (χ2v) is 10.1. The fourth-order valence-electron chi connectivity index (χ4n) is 5.72. The van der Waals surface area contributed by atoms with Gasteiger partial charge in [-0.25, -0.2) is 4.39 Å². The summed E-state index contributed by atoms with van der Waals surface area (Å²) < 4.78 is 138. The van der Waals surface area contributed by atoms with E-state index in [1.807, 2.05) is 0 Å². The lowest BCUT2D eigenvalue weighted by atomic mass is 9.83. The first-order valence-electron chi connectivity index (χ1n) is 12.5. The third-order valence-corrected chi connectivity index (χ3v) is 7.46. The van der Waals surface area contributed by atoms with E-state index in [-0.39, 0.29) is 30.2 Å². The van der Waals surface area contributed by atoms with Crippen LogP contribution < -0.4 is 15.4 Å². The van der Waals surface area contributed by atoms with Crippen molar-refractivity contribution in [3.63, 3.8) is 0 Å². The van der Waals surface area contributed by atoms with E-state index in [0.29, 0.717) is 18.2 Å². The molecule has 3 N–H and O–H groups in total. The maximum absolute atomic E-state index is 13.7. The van der Waals surface area contributed by atoms with Crippen LogP contribution in [0.15, 0.2) is 48.0 Å². The summed E-state index contributed by atoms with van der Waals surface area (Å²) in [6, 6.07) is 2.69. The van der Waals surface area contributed by atoms with Crippen molar-refractivity contribution in [2.75, 3.05) is 12.4 Å². The van der Waals surface area contributed by atoms with Gasteiger partial charge in [0.25, 0.3) is 5.91 Å². The van der Waals surface area contributed by atoms with Gasteiger partial charge in [0, 0.05) is 23.7 Å². The first-order valence-corrected chi connectivity index (χ1v) is 12.5. The van der Waals surface area contributed by atoms with E-state index in [1.54, 1.807) is 0 Å². The van der Waals surface area contributed by atoms with Crippen LogP contribution in [0.1, 0.15) is 40.4 Å². The highest BCUT2D eigenvalue weighted by Gasteiger charge is 2.56. The lowest BCUT2D eigenvalue weighted by molar-refractivity contribution is -0.206. The average molecular weight is 628 g/mol. The molecule has 2 amide bonds. The summed E-state index contributed by atoms with van der Waals surface area (Å²) in [4.78, 5) is 26.6. The Kier molecular flexibility index (Phi) is 8.48. The number of fused-ring (bicyclic) bond motifs is 2. The standard InChI is InChI=1S/C27H22F10N2O4/c1-43-19-7-2-11(22(40)27(35,36)37)8-15(19)23(41)39-21-14-5-4-13(16(14)10-25(29,30)31)20(21)24(42)38-12-3-6-18(28)17(9-12)26(32,33)34/h2-3,6-10,13-14,20-22,40H,4-5H2,1H3,(H,38,42)(H,39,41)/b16-10-/t13?,14?,20-,21+,22?/m0/s1. The predicted molar refractivity (Wildman–Crippen MR) is 129 cm³/mol. The summed E-state index contributed by atoms with van der Waals surface area (Å²) in [5.74, 6) is -7.70. The summed E-state index contributed by atoms with van der Waals surface area (Å²) in [6.07, 6.45) is -17.9. The molecule has 0 heterocycles. The number of methoxy groups -OCH3 is 1. The van der Waals surface area contributed by atoms with Crippen molar-refractivity contribution in [2.24, 2.45) is 17.8 Å². The molecule has 3 unspecified atom stereocenters. The molecule has 0 spiro atoms. The number of anilines is 1. The zero-order chi connectivity index (χ0) is 32.1. The van der Waals surface area contributed by atoms with Crippen molar-refractivity contribution in [1.29, 1.82) is 0 Å². The first-order chi connectivity index (χ1) is 19.8. The second kappa shape index (κ2) is 11.4. The molecular formula is C27H22F10N2O4. The summed E-state index contributed by atoms with van der Waals surface area (Å²) in [5.41, 5.74) is -3.71. The molecule has 2 aliphatic carbocycles. The van der Waals surface area contributed by atoms with Gasteiger partial charge < -0.3 is 20.5 Å². The van der Waals surface area contributed by atoms with Gasteiger partial charge in [-0.05, 0) is 54.7 Å². The Labute approximate surface area is 236 Å². The van der Waals surface area contributed by atoms with Crippen molar-refractivity contribution < 1.29 is 63.3 Å². The fourth-order valence-corrected chi connectivity index (χ4v) is 5.72. The summed E-state index contributed by atoms with van der Waals surface area (Å²) >= 11 is 0. The molecule has 2 aliphatic rings. The zero-order valence-corrected chi connectivity index (χ0v) is 21.8. The van der Waals surface area contributed by atoms with E-state index in [1.165, 1.54) is 0 Å². The largest absolute Gasteiger partial charge is 0.496 e. The molecule has 2 bridgehead atoms. The SMILES string of the molecule is COc1ccc(C(O)C(F)(F)F)cc1C(=O)N[C@@H]1C2CCC(/C2=C/C(F)(F)F)[C@@H]1C(=O)Nc1ccc(F)c(C(F)(F)F)c1. The van der Waals surface area contributed by atoms with Crippen LogP contribution >= 0.6 is 0 Å². The number of carbonyl (C=O) groups excluding carboxylic acids is 2. The Bertz CT molecular complexity index is 1430. The molecule has 2 fully saturated rings. The number of carbonyl (C=O) groups is 2. The number of rotatable bonds is 6. The van der Waals surface area contributed by atoms with Crippen molar-refractivity contribution in [3.05, 3.63) is 70.6 Å². The number of ether oxygens (including phenoxy) is 1. The molecule has 234 valence electrons. The van der Waals surface area contributed by atoms with E-state index in [9.17, 15) is 58.6 Å². The number of aliphatic hydroxyl groups is 1. The van der Waals surface area contributed by atoms with Crippen LogP contribution in [0.2, 0.25) is 0 Å². The third kappa shape index (κ3) is 6.73. The van der Waals surface area contributed by atoms with Gasteiger partial charge in [-0.2, -0.15) is 39.5 Å². The van der Waals surface area contributed by atoms with E-state index in [0.717, 1.165) is 25.3 Å². The number of amides is 2. The van der Waals surface area contributed by atoms with Gasteiger partial charge in [-0.1, -0.05) is 11.6 Å². The second-order valence-electron chi connectivity index (χ2n) is 10.1. The molecule has 0 radical (unpaired) electrons. The lowest BCUT2D eigenvalue weighted by Gasteiger charge is -2.30. The lowest BCUT2D eigenvalue weighted by Crippen LogP contribution is -2.48. The van der Waals surface area contributed by atoms with Gasteiger partial charge in [-0.3, -0.25) is 9.59 Å². The number of aliphatic hydroxyl groups excluding tert-OH is 1. The monoisotopic (exact) mass is 628 g/mol. The Balaban J connectivity index is 1.69. The Hall–Kier alpha value is -3.82. The molecular weight excluding hydrogens is 606 g/mol. The van der Waals surface area contributed by atoms with Gasteiger partial charge in [0.05, 0.1) is 24.2 Å². The number of hydrogen-bond acceptors (Lipinski definition) is 4. The topological polar surface area (TPSA) is 87.7 Å². The van der Waals surface area contributed by atoms with Gasteiger partial charge in [0.15, 0.2) is 6.10 Å². The molecule has 43 heavy (non-hydrogen) atoms. The van der Waals surface area contributed by atoms with E-state index >= 15 is 0 Å². The van der Waals surface area contributed by atoms with Crippen molar-refractivity contribution in [2.45, 2.75) is 43.5 Å². The van der Waals surface area contributed by atoms with Crippen LogP contribution in [0.4, 0.5) is 49.6 Å². The van der Waals surface area contributed by atoms with Crippen LogP contribution in [0.3, 0.4) is 0 Å². The number of halogens is 10. The maximum atomic E-state index is 13.7. The van der Waals surface area contributed by atoms with Gasteiger partial charge in [0.2, 0.25) is 5.91 Å². The average Bonchev–Trinajstić information content (AvgIpc) is 3.40. The molecule has 0 saturated heterocycles.